The molecule has 10 heteroatoms. The van der Waals surface area contributed by atoms with E-state index in [0.717, 1.165) is 38.0 Å². The van der Waals surface area contributed by atoms with Crippen LogP contribution in [0.15, 0.2) is 48.0 Å². The maximum atomic E-state index is 13.4. The van der Waals surface area contributed by atoms with E-state index in [-0.39, 0.29) is 17.9 Å². The first-order valence-electron chi connectivity index (χ1n) is 14.1. The van der Waals surface area contributed by atoms with E-state index < -0.39 is 23.6 Å². The Morgan fingerprint density at radius 2 is 1.73 bits per heavy atom. The zero-order valence-corrected chi connectivity index (χ0v) is 23.8. The van der Waals surface area contributed by atoms with Crippen LogP contribution in [-0.4, -0.2) is 85.1 Å². The van der Waals surface area contributed by atoms with Crippen LogP contribution in [0.5, 0.6) is 11.5 Å². The lowest BCUT2D eigenvalue weighted by Gasteiger charge is -2.29. The average molecular weight is 566 g/mol. The third kappa shape index (κ3) is 7.45. The number of rotatable bonds is 13. The van der Waals surface area contributed by atoms with E-state index in [9.17, 15) is 19.5 Å². The quantitative estimate of drug-likeness (QED) is 0.164. The van der Waals surface area contributed by atoms with Crippen LogP contribution in [0.1, 0.15) is 48.9 Å². The van der Waals surface area contributed by atoms with Gasteiger partial charge in [0.15, 0.2) is 6.61 Å². The number of nitrogens with two attached hydrogens (primary N) is 1. The molecular weight excluding hydrogens is 526 g/mol. The minimum absolute atomic E-state index is 0.0370. The molecule has 10 nitrogen and oxygen atoms in total. The van der Waals surface area contributed by atoms with E-state index >= 15 is 0 Å². The summed E-state index contributed by atoms with van der Waals surface area (Å²) in [4.78, 5) is 41.7. The number of likely N-dealkylation sites (tertiary alicyclic amines) is 1. The number of hydrogen-bond acceptors (Lipinski definition) is 8. The molecule has 2 saturated heterocycles. The molecule has 0 spiro atoms. The highest BCUT2D eigenvalue weighted by Crippen LogP contribution is 2.40. The number of carbonyl (C=O) groups is 3. The third-order valence-electron chi connectivity index (χ3n) is 7.31. The van der Waals surface area contributed by atoms with Crippen LogP contribution >= 0.6 is 0 Å². The van der Waals surface area contributed by atoms with Crippen molar-refractivity contribution in [1.82, 2.24) is 9.80 Å². The first-order valence-corrected chi connectivity index (χ1v) is 14.1. The number of nitrogens with zero attached hydrogens (tertiary/aromatic N) is 2. The zero-order valence-electron chi connectivity index (χ0n) is 23.8. The van der Waals surface area contributed by atoms with Crippen molar-refractivity contribution in [3.05, 3.63) is 64.7 Å². The summed E-state index contributed by atoms with van der Waals surface area (Å²) < 4.78 is 16.6. The number of amides is 2. The maximum absolute atomic E-state index is 13.4. The van der Waals surface area contributed by atoms with Crippen LogP contribution in [0.4, 0.5) is 0 Å². The van der Waals surface area contributed by atoms with Crippen LogP contribution in [0.3, 0.4) is 0 Å². The molecule has 2 aliphatic rings. The highest BCUT2D eigenvalue weighted by atomic mass is 16.5. The summed E-state index contributed by atoms with van der Waals surface area (Å²) in [5.41, 5.74) is 7.05. The smallest absolute Gasteiger partial charge is 0.295 e. The van der Waals surface area contributed by atoms with E-state index in [0.29, 0.717) is 55.4 Å². The van der Waals surface area contributed by atoms with Crippen LogP contribution in [0.2, 0.25) is 0 Å². The fraction of sp³-hybridized carbons (Fsp3) is 0.452. The van der Waals surface area contributed by atoms with E-state index in [1.54, 1.807) is 36.4 Å². The third-order valence-corrected chi connectivity index (χ3v) is 7.31. The Balaban J connectivity index is 1.65. The molecule has 0 aromatic heterocycles. The number of ketones is 1. The molecule has 0 bridgehead atoms. The van der Waals surface area contributed by atoms with Gasteiger partial charge in [-0.25, -0.2) is 0 Å². The average Bonchev–Trinajstić information content (AvgIpc) is 3.22. The molecular formula is C31H39N3O7. The van der Waals surface area contributed by atoms with Crippen molar-refractivity contribution in [3.8, 4) is 11.5 Å². The van der Waals surface area contributed by atoms with Crippen molar-refractivity contribution in [2.45, 2.75) is 39.2 Å². The number of morpholine rings is 1. The topological polar surface area (TPSA) is 132 Å². The number of aryl methyl sites for hydroxylation is 1. The zero-order chi connectivity index (χ0) is 29.4. The van der Waals surface area contributed by atoms with Crippen molar-refractivity contribution in [3.63, 3.8) is 0 Å². The normalized spacial score (nSPS) is 19.0. The van der Waals surface area contributed by atoms with Gasteiger partial charge in [0.25, 0.3) is 17.6 Å². The molecule has 2 fully saturated rings. The molecule has 1 unspecified atom stereocenters. The molecule has 1 atom stereocenters. The standard InChI is InChI=1S/C31H39N3O7/c1-3-4-16-40-24-10-11-25(21(2)19-24)29(36)27-28(22-6-8-23(9-7-22)41-20-26(32)35)34(31(38)30(27)37)13-5-12-33-14-17-39-18-15-33/h6-11,19,28,36H,3-5,12-18,20H2,1-2H3,(H2,32,35). The van der Waals surface area contributed by atoms with Gasteiger partial charge in [0.1, 0.15) is 17.3 Å². The number of aliphatic hydroxyl groups is 1. The highest BCUT2D eigenvalue weighted by molar-refractivity contribution is 6.46. The molecule has 2 aromatic rings. The summed E-state index contributed by atoms with van der Waals surface area (Å²) in [5.74, 6) is -1.10. The Morgan fingerprint density at radius 1 is 1.02 bits per heavy atom. The Hall–Kier alpha value is -3.89. The predicted octanol–water partition coefficient (Wildman–Crippen LogP) is 3.18. The van der Waals surface area contributed by atoms with E-state index in [1.807, 2.05) is 13.0 Å². The summed E-state index contributed by atoms with van der Waals surface area (Å²) in [6, 6.07) is 11.3. The number of carbonyl (C=O) groups excluding carboxylic acids is 3. The molecule has 41 heavy (non-hydrogen) atoms. The first kappa shape index (κ1) is 30.1. The number of aliphatic hydroxyl groups excluding tert-OH is 1. The van der Waals surface area contributed by atoms with Crippen molar-refractivity contribution < 1.29 is 33.7 Å². The summed E-state index contributed by atoms with van der Waals surface area (Å²) in [7, 11) is 0. The molecule has 220 valence electrons. The van der Waals surface area contributed by atoms with Gasteiger partial charge in [-0.3, -0.25) is 19.3 Å². The van der Waals surface area contributed by atoms with E-state index in [1.165, 1.54) is 4.90 Å². The van der Waals surface area contributed by atoms with Gasteiger partial charge in [-0.05, 0) is 61.2 Å². The summed E-state index contributed by atoms with van der Waals surface area (Å²) >= 11 is 0. The summed E-state index contributed by atoms with van der Waals surface area (Å²) in [6.45, 7) is 8.36. The van der Waals surface area contributed by atoms with Crippen molar-refractivity contribution >= 4 is 23.4 Å². The number of unbranched alkanes of at least 4 members (excludes halogenated alkanes) is 1. The Bertz CT molecular complexity index is 1270. The van der Waals surface area contributed by atoms with Crippen LogP contribution in [0, 0.1) is 6.92 Å². The van der Waals surface area contributed by atoms with Gasteiger partial charge >= 0.3 is 0 Å². The van der Waals surface area contributed by atoms with Gasteiger partial charge in [0, 0.05) is 31.7 Å². The summed E-state index contributed by atoms with van der Waals surface area (Å²) in [6.07, 6.45) is 2.61. The first-order chi connectivity index (χ1) is 19.8. The monoisotopic (exact) mass is 565 g/mol. The second-order valence-electron chi connectivity index (χ2n) is 10.3. The highest BCUT2D eigenvalue weighted by Gasteiger charge is 2.46. The molecule has 0 aliphatic carbocycles. The van der Waals surface area contributed by atoms with Crippen LogP contribution in [0.25, 0.3) is 5.76 Å². The molecule has 2 aliphatic heterocycles. The van der Waals surface area contributed by atoms with Gasteiger partial charge in [-0.15, -0.1) is 0 Å². The fourth-order valence-electron chi connectivity index (χ4n) is 5.12. The van der Waals surface area contributed by atoms with E-state index in [4.69, 9.17) is 19.9 Å². The molecule has 3 N–H and O–H groups in total. The van der Waals surface area contributed by atoms with Gasteiger partial charge < -0.3 is 30.0 Å². The van der Waals surface area contributed by atoms with Crippen molar-refractivity contribution in [2.24, 2.45) is 5.73 Å². The number of primary amides is 1. The number of hydrogen-bond donors (Lipinski definition) is 2. The number of benzene rings is 2. The predicted molar refractivity (Wildman–Crippen MR) is 154 cm³/mol. The minimum atomic E-state index is -0.787. The van der Waals surface area contributed by atoms with Crippen molar-refractivity contribution in [2.75, 3.05) is 52.6 Å². The maximum Gasteiger partial charge on any atom is 0.295 e. The second-order valence-corrected chi connectivity index (χ2v) is 10.3. The largest absolute Gasteiger partial charge is 0.507 e. The second kappa shape index (κ2) is 14.1. The summed E-state index contributed by atoms with van der Waals surface area (Å²) in [5, 5.41) is 11.5. The molecule has 0 saturated carbocycles. The lowest BCUT2D eigenvalue weighted by molar-refractivity contribution is -0.140. The Kier molecular flexibility index (Phi) is 10.4. The lowest BCUT2D eigenvalue weighted by Crippen LogP contribution is -2.38. The van der Waals surface area contributed by atoms with Gasteiger partial charge in [-0.1, -0.05) is 25.5 Å². The minimum Gasteiger partial charge on any atom is -0.507 e. The van der Waals surface area contributed by atoms with E-state index in [2.05, 4.69) is 11.8 Å². The molecule has 4 rings (SSSR count). The lowest BCUT2D eigenvalue weighted by atomic mass is 9.93. The Labute approximate surface area is 240 Å². The molecule has 2 heterocycles. The fourth-order valence-corrected chi connectivity index (χ4v) is 5.12. The van der Waals surface area contributed by atoms with Crippen molar-refractivity contribution in [1.29, 1.82) is 0 Å². The number of Topliss-reactive ketones (excluding diaryl/α,β-unsaturated/α-hetero) is 1. The molecule has 0 radical (unpaired) electrons. The Morgan fingerprint density at radius 3 is 2.39 bits per heavy atom. The van der Waals surface area contributed by atoms with Crippen LogP contribution in [-0.2, 0) is 19.1 Å². The molecule has 2 aromatic carbocycles. The number of ether oxygens (including phenoxy) is 3. The molecule has 2 amide bonds. The van der Waals surface area contributed by atoms with Crippen LogP contribution < -0.4 is 15.2 Å². The van der Waals surface area contributed by atoms with Gasteiger partial charge in [0.05, 0.1) is 31.4 Å². The SMILES string of the molecule is CCCCOc1ccc(C(O)=C2C(=O)C(=O)N(CCCN3CCOCC3)C2c2ccc(OCC(N)=O)cc2)c(C)c1. The van der Waals surface area contributed by atoms with Gasteiger partial charge in [-0.2, -0.15) is 0 Å². The van der Waals surface area contributed by atoms with Gasteiger partial charge in [0.2, 0.25) is 0 Å².